The van der Waals surface area contributed by atoms with E-state index < -0.39 is 51.6 Å². The molecule has 0 aliphatic carbocycles. The summed E-state index contributed by atoms with van der Waals surface area (Å²) in [5.41, 5.74) is 1.59. The molecule has 0 radical (unpaired) electrons. The second-order valence-electron chi connectivity index (χ2n) is 10.8. The van der Waals surface area contributed by atoms with Crippen LogP contribution in [0.25, 0.3) is 10.9 Å². The van der Waals surface area contributed by atoms with Gasteiger partial charge in [-0.2, -0.15) is 0 Å². The van der Waals surface area contributed by atoms with Crippen molar-refractivity contribution in [1.82, 2.24) is 19.2 Å². The number of nitrogens with one attached hydrogen (secondary N) is 2. The Bertz CT molecular complexity index is 1930. The summed E-state index contributed by atoms with van der Waals surface area (Å²) in [6, 6.07) is 14.9. The molecule has 13 heteroatoms. The first-order valence-electron chi connectivity index (χ1n) is 14.0. The number of benzene rings is 3. The molecule has 0 saturated carbocycles. The predicted molar refractivity (Wildman–Crippen MR) is 158 cm³/mol. The molecule has 11 nitrogen and oxygen atoms in total. The van der Waals surface area contributed by atoms with Gasteiger partial charge in [-0.1, -0.05) is 34.5 Å². The normalized spacial score (nSPS) is 20.1. The zero-order valence-corrected chi connectivity index (χ0v) is 24.4. The van der Waals surface area contributed by atoms with Crippen molar-refractivity contribution in [2.45, 2.75) is 49.6 Å². The van der Waals surface area contributed by atoms with Crippen molar-refractivity contribution in [3.8, 4) is 0 Å². The maximum absolute atomic E-state index is 13.7. The van der Waals surface area contributed by atoms with Gasteiger partial charge in [0.1, 0.15) is 23.2 Å². The van der Waals surface area contributed by atoms with Gasteiger partial charge in [0.2, 0.25) is 17.7 Å². The lowest BCUT2D eigenvalue weighted by Crippen LogP contribution is -2.45. The quantitative estimate of drug-likeness (QED) is 0.249. The zero-order chi connectivity index (χ0) is 31.2. The Morgan fingerprint density at radius 3 is 2.57 bits per heavy atom. The molecule has 2 aliphatic rings. The van der Waals surface area contributed by atoms with Crippen LogP contribution in [0.15, 0.2) is 76.4 Å². The molecule has 3 heterocycles. The molecule has 1 fully saturated rings. The third kappa shape index (κ3) is 5.34. The number of aryl methyl sites for hydroxylation is 1. The molecule has 0 spiro atoms. The van der Waals surface area contributed by atoms with E-state index in [-0.39, 0.29) is 53.1 Å². The molecule has 3 atom stereocenters. The SMILES string of the molecule is Cc1nc2c(NC(=O)CC3c4ccccc4CCN3[S+](=O)([O-])c3ccc(F)cc3)cccc2c(=O)n1C1CCC(=O)NC1=O. The van der Waals surface area contributed by atoms with Crippen LogP contribution < -0.4 is 16.2 Å². The lowest BCUT2D eigenvalue weighted by molar-refractivity contribution is -0.135. The Morgan fingerprint density at radius 1 is 1.07 bits per heavy atom. The minimum atomic E-state index is -4.08. The number of fused-ring (bicyclic) bond motifs is 2. The van der Waals surface area contributed by atoms with Crippen LogP contribution in [0.5, 0.6) is 0 Å². The van der Waals surface area contributed by atoms with E-state index in [9.17, 15) is 32.3 Å². The summed E-state index contributed by atoms with van der Waals surface area (Å²) in [7, 11) is -4.08. The molecule has 4 aromatic rings. The number of rotatable bonds is 6. The van der Waals surface area contributed by atoms with E-state index in [1.54, 1.807) is 31.2 Å². The maximum atomic E-state index is 13.7. The van der Waals surface area contributed by atoms with Gasteiger partial charge in [0, 0.05) is 13.0 Å². The molecular formula is C31H28FN5O6S. The van der Waals surface area contributed by atoms with E-state index >= 15 is 0 Å². The summed E-state index contributed by atoms with van der Waals surface area (Å²) in [5.74, 6) is -1.82. The second kappa shape index (κ2) is 11.5. The van der Waals surface area contributed by atoms with Crippen molar-refractivity contribution < 1.29 is 27.5 Å². The topological polar surface area (TPSA) is 154 Å². The van der Waals surface area contributed by atoms with Crippen molar-refractivity contribution >= 4 is 44.7 Å². The standard InChI is InChI=1S/C31H28FN5O6S/c1-18-33-29-23(31(41)37(18)25-13-14-27(38)35-30(25)40)7-4-8-24(29)34-28(39)17-26-22-6-3-2-5-19(22)15-16-36(26)44(42,43)21-11-9-20(32)10-12-21/h2-12,25-26H,13-17H2,1H3,(H2-,34,35,38,39,40,42,43). The molecule has 0 bridgehead atoms. The fraction of sp³-hybridized carbons (Fsp3) is 0.258. The molecule has 3 amide bonds. The van der Waals surface area contributed by atoms with Gasteiger partial charge in [-0.05, 0) is 67.3 Å². The number of aromatic nitrogens is 2. The van der Waals surface area contributed by atoms with E-state index in [0.29, 0.717) is 12.0 Å². The molecular weight excluding hydrogens is 589 g/mol. The fourth-order valence-electron chi connectivity index (χ4n) is 5.97. The third-order valence-corrected chi connectivity index (χ3v) is 9.99. The molecule has 226 valence electrons. The molecule has 44 heavy (non-hydrogen) atoms. The average Bonchev–Trinajstić information content (AvgIpc) is 2.99. The number of carbonyl (C=O) groups excluding carboxylic acids is 3. The molecule has 2 aliphatic heterocycles. The highest BCUT2D eigenvalue weighted by atomic mass is 32.3. The van der Waals surface area contributed by atoms with Crippen molar-refractivity contribution in [1.29, 1.82) is 0 Å². The Balaban J connectivity index is 1.32. The van der Waals surface area contributed by atoms with Gasteiger partial charge in [-0.25, -0.2) is 9.37 Å². The van der Waals surface area contributed by atoms with Crippen molar-refractivity contribution in [3.05, 3.63) is 99.9 Å². The van der Waals surface area contributed by atoms with E-state index in [4.69, 9.17) is 0 Å². The summed E-state index contributed by atoms with van der Waals surface area (Å²) in [5, 5.41) is 5.23. The van der Waals surface area contributed by atoms with Crippen LogP contribution in [0.4, 0.5) is 10.1 Å². The van der Waals surface area contributed by atoms with Crippen LogP contribution in [0.2, 0.25) is 0 Å². The number of piperidine rings is 1. The number of hydrogen-bond donors (Lipinski definition) is 2. The Hall–Kier alpha value is -4.59. The number of nitrogens with zero attached hydrogens (tertiary/aromatic N) is 3. The first-order valence-corrected chi connectivity index (χ1v) is 15.5. The van der Waals surface area contributed by atoms with Gasteiger partial charge in [-0.15, -0.1) is 4.31 Å². The minimum absolute atomic E-state index is 0.0790. The van der Waals surface area contributed by atoms with Crippen LogP contribution in [0.1, 0.15) is 48.3 Å². The van der Waals surface area contributed by atoms with Crippen LogP contribution in [0, 0.1) is 12.7 Å². The summed E-state index contributed by atoms with van der Waals surface area (Å²) >= 11 is 0. The van der Waals surface area contributed by atoms with Gasteiger partial charge in [-0.3, -0.25) is 29.1 Å². The van der Waals surface area contributed by atoms with Crippen molar-refractivity contribution in [2.75, 3.05) is 11.9 Å². The van der Waals surface area contributed by atoms with Gasteiger partial charge in [0.05, 0.1) is 23.5 Å². The molecule has 6 rings (SSSR count). The summed E-state index contributed by atoms with van der Waals surface area (Å²) < 4.78 is 43.5. The monoisotopic (exact) mass is 617 g/mol. The number of imide groups is 1. The predicted octanol–water partition coefficient (Wildman–Crippen LogP) is 3.35. The third-order valence-electron chi connectivity index (χ3n) is 8.07. The Kier molecular flexibility index (Phi) is 7.70. The van der Waals surface area contributed by atoms with E-state index in [1.807, 2.05) is 12.1 Å². The number of anilines is 1. The zero-order valence-electron chi connectivity index (χ0n) is 23.6. The Labute approximate surface area is 252 Å². The molecule has 2 N–H and O–H groups in total. The average molecular weight is 618 g/mol. The molecule has 3 unspecified atom stereocenters. The number of para-hydroxylation sites is 1. The largest absolute Gasteiger partial charge is 0.593 e. The summed E-state index contributed by atoms with van der Waals surface area (Å²) in [6.07, 6.45) is 0.463. The lowest BCUT2D eigenvalue weighted by atomic mass is 9.92. The Morgan fingerprint density at radius 2 is 1.82 bits per heavy atom. The highest BCUT2D eigenvalue weighted by Gasteiger charge is 2.41. The van der Waals surface area contributed by atoms with Crippen LogP contribution >= 0.6 is 0 Å². The maximum Gasteiger partial charge on any atom is 0.262 e. The molecule has 3 aromatic carbocycles. The van der Waals surface area contributed by atoms with Crippen molar-refractivity contribution in [3.63, 3.8) is 0 Å². The highest BCUT2D eigenvalue weighted by Crippen LogP contribution is 2.39. The van der Waals surface area contributed by atoms with Gasteiger partial charge in [0.25, 0.3) is 5.56 Å². The van der Waals surface area contributed by atoms with Crippen molar-refractivity contribution in [2.24, 2.45) is 0 Å². The first kappa shape index (κ1) is 29.5. The van der Waals surface area contributed by atoms with Gasteiger partial charge >= 0.3 is 0 Å². The second-order valence-corrected chi connectivity index (χ2v) is 12.7. The fourth-order valence-corrected chi connectivity index (χ4v) is 7.58. The van der Waals surface area contributed by atoms with Gasteiger partial charge in [0.15, 0.2) is 15.3 Å². The minimum Gasteiger partial charge on any atom is -0.593 e. The molecule has 1 saturated heterocycles. The number of halogens is 1. The lowest BCUT2D eigenvalue weighted by Gasteiger charge is -2.38. The van der Waals surface area contributed by atoms with Crippen LogP contribution in [-0.4, -0.2) is 42.7 Å². The van der Waals surface area contributed by atoms with E-state index in [1.165, 1.54) is 27.1 Å². The molecule has 1 aromatic heterocycles. The summed E-state index contributed by atoms with van der Waals surface area (Å²) in [6.45, 7) is 1.70. The highest BCUT2D eigenvalue weighted by molar-refractivity contribution is 7.95. The smallest absolute Gasteiger partial charge is 0.262 e. The summed E-state index contributed by atoms with van der Waals surface area (Å²) in [4.78, 5) is 55.7. The number of hydrogen-bond acceptors (Lipinski definition) is 7. The number of carbonyl (C=O) groups is 3. The van der Waals surface area contributed by atoms with E-state index in [0.717, 1.165) is 17.7 Å². The number of amides is 3. The number of sulfonamides is 1. The van der Waals surface area contributed by atoms with E-state index in [2.05, 4.69) is 15.6 Å². The first-order chi connectivity index (χ1) is 21.0. The van der Waals surface area contributed by atoms with Gasteiger partial charge < -0.3 is 9.87 Å². The van der Waals surface area contributed by atoms with Crippen LogP contribution in [0.3, 0.4) is 0 Å². The van der Waals surface area contributed by atoms with Crippen LogP contribution in [-0.2, 0) is 35.4 Å².